The van der Waals surface area contributed by atoms with Crippen LogP contribution in [0.1, 0.15) is 69.8 Å². The Labute approximate surface area is 192 Å². The Kier molecular flexibility index (Phi) is 6.57. The molecular weight excluding hydrogens is 422 g/mol. The van der Waals surface area contributed by atoms with E-state index in [1.807, 2.05) is 45.2 Å². The first-order valence-electron chi connectivity index (χ1n) is 10.9. The van der Waals surface area contributed by atoms with Gasteiger partial charge < -0.3 is 24.5 Å². The van der Waals surface area contributed by atoms with Crippen molar-refractivity contribution in [2.24, 2.45) is 7.05 Å². The van der Waals surface area contributed by atoms with E-state index in [-0.39, 0.29) is 16.9 Å². The molecule has 1 aromatic heterocycles. The zero-order chi connectivity index (χ0) is 23.5. The number of aromatic carboxylic acids is 1. The number of nitrogens with zero attached hydrogens (tertiary/aromatic N) is 2. The Hall–Kier alpha value is -3.49. The fraction of sp³-hybridized carbons (Fsp3) is 0.320. The number of anilines is 1. The largest absolute Gasteiger partial charge is 0.478 e. The summed E-state index contributed by atoms with van der Waals surface area (Å²) < 4.78 is 13.2. The number of fused-ring (bicyclic) bond motifs is 1. The lowest BCUT2D eigenvalue weighted by molar-refractivity contribution is -0.140. The second-order valence-electron chi connectivity index (χ2n) is 7.80. The first-order valence-corrected chi connectivity index (χ1v) is 10.9. The second-order valence-corrected chi connectivity index (χ2v) is 7.80. The molecule has 2 unspecified atom stereocenters. The monoisotopic (exact) mass is 449 g/mol. The molecular formula is C25H27N3O5. The number of carbonyl (C=O) groups is 2. The van der Waals surface area contributed by atoms with Gasteiger partial charge in [-0.3, -0.25) is 4.79 Å². The third-order valence-electron chi connectivity index (χ3n) is 5.81. The van der Waals surface area contributed by atoms with Crippen LogP contribution in [0.2, 0.25) is 0 Å². The molecule has 4 rings (SSSR count). The summed E-state index contributed by atoms with van der Waals surface area (Å²) in [5, 5.41) is 13.1. The average molecular weight is 450 g/mol. The molecule has 1 aliphatic rings. The molecule has 2 heterocycles. The first-order chi connectivity index (χ1) is 16.0. The molecule has 0 radical (unpaired) electrons. The summed E-state index contributed by atoms with van der Waals surface area (Å²) in [5.74, 6) is -1.54. The molecule has 0 amide bonds. The van der Waals surface area contributed by atoms with Gasteiger partial charge in [-0.05, 0) is 31.5 Å². The van der Waals surface area contributed by atoms with Crippen molar-refractivity contribution < 1.29 is 24.2 Å². The number of carboxylic acid groups (broad SMARTS) is 1. The van der Waals surface area contributed by atoms with E-state index in [1.54, 1.807) is 29.1 Å². The van der Waals surface area contributed by atoms with Crippen LogP contribution in [0.4, 0.5) is 5.69 Å². The number of benzene rings is 2. The SMILES string of the molecule is CCOC(OCC)c1ccc(C2Nc3cccc(C(=O)O)c3C(=O)C2c2nccn2C)cc1. The van der Waals surface area contributed by atoms with E-state index >= 15 is 0 Å². The highest BCUT2D eigenvalue weighted by atomic mass is 16.7. The molecule has 0 saturated carbocycles. The number of aromatic nitrogens is 2. The normalized spacial score (nSPS) is 17.6. The van der Waals surface area contributed by atoms with Crippen molar-refractivity contribution in [3.63, 3.8) is 0 Å². The molecule has 2 atom stereocenters. The standard InChI is InChI=1S/C25H27N3O5/c1-4-32-25(33-5-2)16-11-9-15(10-12-16)21-20(23-26-13-14-28(23)3)22(29)19-17(24(30)31)7-6-8-18(19)27-21/h6-14,20-21,25,27H,4-5H2,1-3H3,(H,30,31). The minimum atomic E-state index is -1.14. The van der Waals surface area contributed by atoms with Crippen molar-refractivity contribution >= 4 is 17.4 Å². The predicted octanol–water partition coefficient (Wildman–Crippen LogP) is 4.32. The van der Waals surface area contributed by atoms with Gasteiger partial charge in [0.1, 0.15) is 11.7 Å². The van der Waals surface area contributed by atoms with Gasteiger partial charge >= 0.3 is 5.97 Å². The molecule has 0 bridgehead atoms. The summed E-state index contributed by atoms with van der Waals surface area (Å²) in [6.45, 7) is 4.88. The van der Waals surface area contributed by atoms with Crippen LogP contribution in [0.15, 0.2) is 54.9 Å². The minimum Gasteiger partial charge on any atom is -0.478 e. The van der Waals surface area contributed by atoms with Gasteiger partial charge in [0.25, 0.3) is 0 Å². The Balaban J connectivity index is 1.78. The number of carboxylic acids is 1. The van der Waals surface area contributed by atoms with Crippen LogP contribution in [0, 0.1) is 0 Å². The zero-order valence-corrected chi connectivity index (χ0v) is 18.8. The first kappa shape index (κ1) is 22.7. The van der Waals surface area contributed by atoms with Gasteiger partial charge in [0, 0.05) is 43.9 Å². The zero-order valence-electron chi connectivity index (χ0n) is 18.8. The minimum absolute atomic E-state index is 0.0192. The van der Waals surface area contributed by atoms with Crippen molar-refractivity contribution in [3.05, 3.63) is 82.9 Å². The number of Topliss-reactive ketones (excluding diaryl/α,β-unsaturated/α-hetero) is 1. The highest BCUT2D eigenvalue weighted by Crippen LogP contribution is 2.43. The van der Waals surface area contributed by atoms with E-state index in [9.17, 15) is 14.7 Å². The third kappa shape index (κ3) is 4.27. The molecule has 2 N–H and O–H groups in total. The number of hydrogen-bond acceptors (Lipinski definition) is 6. The van der Waals surface area contributed by atoms with Gasteiger partial charge in [-0.1, -0.05) is 30.3 Å². The van der Waals surface area contributed by atoms with Gasteiger partial charge in [0.2, 0.25) is 0 Å². The molecule has 33 heavy (non-hydrogen) atoms. The topological polar surface area (TPSA) is 103 Å². The van der Waals surface area contributed by atoms with Crippen molar-refractivity contribution in [3.8, 4) is 0 Å². The average Bonchev–Trinajstić information content (AvgIpc) is 3.23. The van der Waals surface area contributed by atoms with Gasteiger partial charge in [-0.25, -0.2) is 9.78 Å². The number of ketones is 1. The number of nitrogens with one attached hydrogen (secondary N) is 1. The quantitative estimate of drug-likeness (QED) is 0.494. The molecule has 3 aromatic rings. The molecule has 0 fully saturated rings. The van der Waals surface area contributed by atoms with Crippen LogP contribution >= 0.6 is 0 Å². The van der Waals surface area contributed by atoms with Crippen molar-refractivity contribution in [1.82, 2.24) is 9.55 Å². The maximum absolute atomic E-state index is 13.7. The third-order valence-corrected chi connectivity index (χ3v) is 5.81. The number of hydrogen-bond donors (Lipinski definition) is 2. The number of ether oxygens (including phenoxy) is 2. The van der Waals surface area contributed by atoms with Crippen LogP contribution in [0.5, 0.6) is 0 Å². The van der Waals surface area contributed by atoms with E-state index in [1.165, 1.54) is 6.07 Å². The van der Waals surface area contributed by atoms with Crippen LogP contribution in [0.25, 0.3) is 0 Å². The van der Waals surface area contributed by atoms with Crippen molar-refractivity contribution in [1.29, 1.82) is 0 Å². The molecule has 0 spiro atoms. The van der Waals surface area contributed by atoms with E-state index in [2.05, 4.69) is 10.3 Å². The number of rotatable bonds is 8. The van der Waals surface area contributed by atoms with E-state index < -0.39 is 24.2 Å². The summed E-state index contributed by atoms with van der Waals surface area (Å²) in [6.07, 6.45) is 2.95. The molecule has 1 aliphatic heterocycles. The van der Waals surface area contributed by atoms with Gasteiger partial charge in [-0.2, -0.15) is 0 Å². The molecule has 0 saturated heterocycles. The van der Waals surface area contributed by atoms with Crippen LogP contribution < -0.4 is 5.32 Å². The Morgan fingerprint density at radius 2 is 1.85 bits per heavy atom. The maximum Gasteiger partial charge on any atom is 0.336 e. The van der Waals surface area contributed by atoms with Crippen LogP contribution in [-0.2, 0) is 16.5 Å². The van der Waals surface area contributed by atoms with Gasteiger partial charge in [-0.15, -0.1) is 0 Å². The van der Waals surface area contributed by atoms with Crippen molar-refractivity contribution in [2.45, 2.75) is 32.1 Å². The lowest BCUT2D eigenvalue weighted by Gasteiger charge is -2.34. The maximum atomic E-state index is 13.7. The molecule has 172 valence electrons. The summed E-state index contributed by atoms with van der Waals surface area (Å²) in [7, 11) is 1.82. The summed E-state index contributed by atoms with van der Waals surface area (Å²) >= 11 is 0. The second kappa shape index (κ2) is 9.56. The lowest BCUT2D eigenvalue weighted by Crippen LogP contribution is -2.34. The van der Waals surface area contributed by atoms with E-state index in [0.29, 0.717) is 24.7 Å². The molecule has 8 nitrogen and oxygen atoms in total. The van der Waals surface area contributed by atoms with Crippen LogP contribution in [-0.4, -0.2) is 39.6 Å². The summed E-state index contributed by atoms with van der Waals surface area (Å²) in [6, 6.07) is 12.1. The van der Waals surface area contributed by atoms with E-state index in [4.69, 9.17) is 9.47 Å². The highest BCUT2D eigenvalue weighted by molar-refractivity contribution is 6.14. The predicted molar refractivity (Wildman–Crippen MR) is 122 cm³/mol. The van der Waals surface area contributed by atoms with E-state index in [0.717, 1.165) is 11.1 Å². The van der Waals surface area contributed by atoms with Gasteiger partial charge in [0.05, 0.1) is 17.2 Å². The van der Waals surface area contributed by atoms with Crippen LogP contribution in [0.3, 0.4) is 0 Å². The van der Waals surface area contributed by atoms with Gasteiger partial charge in [0.15, 0.2) is 12.1 Å². The fourth-order valence-corrected chi connectivity index (χ4v) is 4.30. The Morgan fingerprint density at radius 3 is 2.42 bits per heavy atom. The lowest BCUT2D eigenvalue weighted by atomic mass is 9.80. The molecule has 2 aromatic carbocycles. The fourth-order valence-electron chi connectivity index (χ4n) is 4.30. The number of aryl methyl sites for hydroxylation is 1. The Morgan fingerprint density at radius 1 is 1.15 bits per heavy atom. The number of imidazole rings is 1. The Bertz CT molecular complexity index is 1150. The molecule has 0 aliphatic carbocycles. The summed E-state index contributed by atoms with van der Waals surface area (Å²) in [4.78, 5) is 30.0. The smallest absolute Gasteiger partial charge is 0.336 e. The van der Waals surface area contributed by atoms with Crippen molar-refractivity contribution in [2.75, 3.05) is 18.5 Å². The number of carbonyl (C=O) groups excluding carboxylic acids is 1. The summed E-state index contributed by atoms with van der Waals surface area (Å²) in [5.41, 5.74) is 2.42. The molecule has 8 heteroatoms. The highest BCUT2D eigenvalue weighted by Gasteiger charge is 2.41.